The molecular formula is C22H24N2O2. The van der Waals surface area contributed by atoms with Gasteiger partial charge in [0.05, 0.1) is 7.11 Å². The van der Waals surface area contributed by atoms with E-state index in [0.29, 0.717) is 6.61 Å². The van der Waals surface area contributed by atoms with E-state index in [9.17, 15) is 0 Å². The molecule has 0 fully saturated rings. The maximum absolute atomic E-state index is 5.73. The predicted octanol–water partition coefficient (Wildman–Crippen LogP) is 3.87. The average molecular weight is 348 g/mol. The lowest BCUT2D eigenvalue weighted by Crippen LogP contribution is -2.15. The number of ether oxygens (including phenoxy) is 2. The molecule has 2 aromatic carbocycles. The summed E-state index contributed by atoms with van der Waals surface area (Å²) in [5, 5.41) is 3.08. The molecule has 0 aliphatic rings. The molecule has 0 saturated heterocycles. The van der Waals surface area contributed by atoms with Crippen LogP contribution in [-0.4, -0.2) is 32.3 Å². The Morgan fingerprint density at radius 2 is 1.54 bits per heavy atom. The summed E-state index contributed by atoms with van der Waals surface area (Å²) in [7, 11) is 3.60. The molecule has 3 rings (SSSR count). The van der Waals surface area contributed by atoms with Gasteiger partial charge in [-0.3, -0.25) is 4.98 Å². The molecule has 0 amide bonds. The third-order valence-electron chi connectivity index (χ3n) is 4.30. The summed E-state index contributed by atoms with van der Waals surface area (Å²) >= 11 is 0. The van der Waals surface area contributed by atoms with E-state index >= 15 is 0 Å². The minimum absolute atomic E-state index is 0.112. The first kappa shape index (κ1) is 18.0. The number of hydrogen-bond donors (Lipinski definition) is 1. The summed E-state index contributed by atoms with van der Waals surface area (Å²) in [6, 6.07) is 20.6. The summed E-state index contributed by atoms with van der Waals surface area (Å²) in [5.41, 5.74) is 3.55. The first-order valence-electron chi connectivity index (χ1n) is 8.73. The maximum atomic E-state index is 5.73. The van der Waals surface area contributed by atoms with E-state index < -0.39 is 0 Å². The molecule has 4 heteroatoms. The van der Waals surface area contributed by atoms with E-state index in [1.54, 1.807) is 13.3 Å². The molecule has 4 nitrogen and oxygen atoms in total. The van der Waals surface area contributed by atoms with Crippen LogP contribution in [0.5, 0.6) is 11.5 Å². The number of hydrogen-bond acceptors (Lipinski definition) is 4. The Bertz CT molecular complexity index is 787. The van der Waals surface area contributed by atoms with Crippen LogP contribution in [0.4, 0.5) is 0 Å². The van der Waals surface area contributed by atoms with E-state index in [-0.39, 0.29) is 5.92 Å². The summed E-state index contributed by atoms with van der Waals surface area (Å²) in [4.78, 5) is 4.30. The van der Waals surface area contributed by atoms with Gasteiger partial charge in [0.2, 0.25) is 0 Å². The summed E-state index contributed by atoms with van der Waals surface area (Å²) in [6.45, 7) is 1.48. The SMILES string of the molecule is CNCCOc1ccc(C(c2ccc(OC)cc2)c2cccnc2)cc1. The highest BCUT2D eigenvalue weighted by Gasteiger charge is 2.17. The molecule has 0 saturated carbocycles. The van der Waals surface area contributed by atoms with E-state index in [4.69, 9.17) is 9.47 Å². The fraction of sp³-hybridized carbons (Fsp3) is 0.227. The Labute approximate surface area is 154 Å². The van der Waals surface area contributed by atoms with Gasteiger partial charge in [-0.2, -0.15) is 0 Å². The van der Waals surface area contributed by atoms with Crippen LogP contribution < -0.4 is 14.8 Å². The fourth-order valence-corrected chi connectivity index (χ4v) is 2.95. The largest absolute Gasteiger partial charge is 0.497 e. The Balaban J connectivity index is 1.90. The normalized spacial score (nSPS) is 11.8. The first-order valence-corrected chi connectivity index (χ1v) is 8.73. The topological polar surface area (TPSA) is 43.4 Å². The Morgan fingerprint density at radius 1 is 0.885 bits per heavy atom. The van der Waals surface area contributed by atoms with Gasteiger partial charge in [-0.1, -0.05) is 30.3 Å². The standard InChI is InChI=1S/C22H24N2O2/c1-23-14-15-26-21-11-7-18(8-12-21)22(19-4-3-13-24-16-19)17-5-9-20(25-2)10-6-17/h3-13,16,22-23H,14-15H2,1-2H3. The third kappa shape index (κ3) is 4.41. The van der Waals surface area contributed by atoms with Crippen LogP contribution in [-0.2, 0) is 0 Å². The van der Waals surface area contributed by atoms with Crippen molar-refractivity contribution in [2.24, 2.45) is 0 Å². The van der Waals surface area contributed by atoms with Gasteiger partial charge >= 0.3 is 0 Å². The zero-order valence-electron chi connectivity index (χ0n) is 15.2. The third-order valence-corrected chi connectivity index (χ3v) is 4.30. The van der Waals surface area contributed by atoms with Crippen LogP contribution in [0, 0.1) is 0 Å². The van der Waals surface area contributed by atoms with Gasteiger partial charge in [-0.25, -0.2) is 0 Å². The average Bonchev–Trinajstić information content (AvgIpc) is 2.71. The van der Waals surface area contributed by atoms with E-state index in [0.717, 1.165) is 23.6 Å². The summed E-state index contributed by atoms with van der Waals surface area (Å²) < 4.78 is 11.0. The van der Waals surface area contributed by atoms with Crippen molar-refractivity contribution in [2.75, 3.05) is 27.3 Å². The van der Waals surface area contributed by atoms with Crippen molar-refractivity contribution in [3.8, 4) is 11.5 Å². The highest BCUT2D eigenvalue weighted by molar-refractivity contribution is 5.45. The van der Waals surface area contributed by atoms with Crippen molar-refractivity contribution in [1.82, 2.24) is 10.3 Å². The summed E-state index contributed by atoms with van der Waals surface area (Å²) in [6.07, 6.45) is 3.72. The van der Waals surface area contributed by atoms with Crippen LogP contribution in [0.15, 0.2) is 73.1 Å². The van der Waals surface area contributed by atoms with Crippen LogP contribution >= 0.6 is 0 Å². The van der Waals surface area contributed by atoms with Crippen LogP contribution in [0.2, 0.25) is 0 Å². The molecule has 0 radical (unpaired) electrons. The number of nitrogens with one attached hydrogen (secondary N) is 1. The molecule has 1 heterocycles. The van der Waals surface area contributed by atoms with Crippen molar-refractivity contribution in [3.63, 3.8) is 0 Å². The zero-order chi connectivity index (χ0) is 18.2. The van der Waals surface area contributed by atoms with Gasteiger partial charge in [0, 0.05) is 24.9 Å². The second kappa shape index (κ2) is 9.02. The number of pyridine rings is 1. The minimum atomic E-state index is 0.112. The van der Waals surface area contributed by atoms with Crippen molar-refractivity contribution < 1.29 is 9.47 Å². The molecule has 0 aliphatic carbocycles. The highest BCUT2D eigenvalue weighted by Crippen LogP contribution is 2.33. The molecule has 3 aromatic rings. The molecule has 0 spiro atoms. The van der Waals surface area contributed by atoms with Gasteiger partial charge < -0.3 is 14.8 Å². The molecule has 1 unspecified atom stereocenters. The van der Waals surface area contributed by atoms with Crippen LogP contribution in [0.1, 0.15) is 22.6 Å². The number of methoxy groups -OCH3 is 1. The lowest BCUT2D eigenvalue weighted by Gasteiger charge is -2.19. The van der Waals surface area contributed by atoms with Gasteiger partial charge in [0.15, 0.2) is 0 Å². The molecule has 134 valence electrons. The predicted molar refractivity (Wildman–Crippen MR) is 104 cm³/mol. The molecular weight excluding hydrogens is 324 g/mol. The second-order valence-electron chi connectivity index (χ2n) is 6.01. The second-order valence-corrected chi connectivity index (χ2v) is 6.01. The smallest absolute Gasteiger partial charge is 0.119 e. The number of rotatable bonds is 8. The quantitative estimate of drug-likeness (QED) is 0.628. The zero-order valence-corrected chi connectivity index (χ0v) is 15.2. The number of benzene rings is 2. The van der Waals surface area contributed by atoms with Crippen molar-refractivity contribution in [3.05, 3.63) is 89.7 Å². The lowest BCUT2D eigenvalue weighted by atomic mass is 9.86. The Morgan fingerprint density at radius 3 is 2.08 bits per heavy atom. The van der Waals surface area contributed by atoms with Gasteiger partial charge in [-0.05, 0) is 54.1 Å². The maximum Gasteiger partial charge on any atom is 0.119 e. The number of likely N-dealkylation sites (N-methyl/N-ethyl adjacent to an activating group) is 1. The molecule has 0 aliphatic heterocycles. The van der Waals surface area contributed by atoms with Crippen LogP contribution in [0.25, 0.3) is 0 Å². The lowest BCUT2D eigenvalue weighted by molar-refractivity contribution is 0.318. The molecule has 0 bridgehead atoms. The van der Waals surface area contributed by atoms with Crippen molar-refractivity contribution in [1.29, 1.82) is 0 Å². The van der Waals surface area contributed by atoms with Crippen LogP contribution in [0.3, 0.4) is 0 Å². The van der Waals surface area contributed by atoms with Gasteiger partial charge in [0.25, 0.3) is 0 Å². The van der Waals surface area contributed by atoms with Gasteiger partial charge in [-0.15, -0.1) is 0 Å². The monoisotopic (exact) mass is 348 g/mol. The molecule has 26 heavy (non-hydrogen) atoms. The molecule has 1 atom stereocenters. The molecule has 1 aromatic heterocycles. The number of nitrogens with zero attached hydrogens (tertiary/aromatic N) is 1. The Hall–Kier alpha value is -2.85. The highest BCUT2D eigenvalue weighted by atomic mass is 16.5. The van der Waals surface area contributed by atoms with E-state index in [1.165, 1.54) is 11.1 Å². The molecule has 1 N–H and O–H groups in total. The number of aromatic nitrogens is 1. The van der Waals surface area contributed by atoms with Crippen molar-refractivity contribution in [2.45, 2.75) is 5.92 Å². The minimum Gasteiger partial charge on any atom is -0.497 e. The Kier molecular flexibility index (Phi) is 6.23. The van der Waals surface area contributed by atoms with E-state index in [1.807, 2.05) is 43.6 Å². The van der Waals surface area contributed by atoms with E-state index in [2.05, 4.69) is 40.6 Å². The van der Waals surface area contributed by atoms with Gasteiger partial charge in [0.1, 0.15) is 18.1 Å². The fourth-order valence-electron chi connectivity index (χ4n) is 2.95. The summed E-state index contributed by atoms with van der Waals surface area (Å²) in [5.74, 6) is 1.84. The first-order chi connectivity index (χ1) is 12.8. The van der Waals surface area contributed by atoms with Crippen molar-refractivity contribution >= 4 is 0 Å².